The van der Waals surface area contributed by atoms with Crippen molar-refractivity contribution in [1.29, 1.82) is 0 Å². The summed E-state index contributed by atoms with van der Waals surface area (Å²) >= 11 is 7.58. The predicted molar refractivity (Wildman–Crippen MR) is 104 cm³/mol. The third kappa shape index (κ3) is 6.76. The van der Waals surface area contributed by atoms with E-state index in [0.29, 0.717) is 33.8 Å². The molecule has 0 aliphatic carbocycles. The molecule has 0 spiro atoms. The van der Waals surface area contributed by atoms with Crippen molar-refractivity contribution in [3.8, 4) is 11.5 Å². The highest BCUT2D eigenvalue weighted by Gasteiger charge is 2.09. The van der Waals surface area contributed by atoms with Crippen molar-refractivity contribution >= 4 is 34.7 Å². The van der Waals surface area contributed by atoms with Gasteiger partial charge in [-0.05, 0) is 18.2 Å². The number of thioether (sulfide) groups is 1. The van der Waals surface area contributed by atoms with Gasteiger partial charge in [-0.25, -0.2) is 0 Å². The Morgan fingerprint density at radius 3 is 2.65 bits per heavy atom. The molecule has 2 aromatic rings. The average Bonchev–Trinajstić information content (AvgIpc) is 2.61. The van der Waals surface area contributed by atoms with E-state index in [1.54, 1.807) is 37.2 Å². The largest absolute Gasteiger partial charge is 0.493 e. The van der Waals surface area contributed by atoms with Crippen LogP contribution in [0.15, 0.2) is 30.5 Å². The minimum Gasteiger partial charge on any atom is -0.493 e. The topological polar surface area (TPSA) is 69.4 Å². The zero-order chi connectivity index (χ0) is 19.5. The van der Waals surface area contributed by atoms with E-state index in [4.69, 9.17) is 22.1 Å². The lowest BCUT2D eigenvalue weighted by Crippen LogP contribution is -2.05. The van der Waals surface area contributed by atoms with Gasteiger partial charge in [0, 0.05) is 18.0 Å². The number of hydrogen-bond acceptors (Lipinski definition) is 6. The van der Waals surface area contributed by atoms with Crippen LogP contribution in [0.4, 0.5) is 20.2 Å². The molecule has 5 nitrogen and oxygen atoms in total. The molecule has 0 atom stereocenters. The lowest BCUT2D eigenvalue weighted by atomic mass is 10.2. The molecule has 0 saturated heterocycles. The second-order valence-electron chi connectivity index (χ2n) is 4.57. The van der Waals surface area contributed by atoms with E-state index < -0.39 is 6.61 Å². The number of pyridine rings is 1. The first kappa shape index (κ1) is 22.1. The summed E-state index contributed by atoms with van der Waals surface area (Å²) in [5.41, 5.74) is 7.51. The molecule has 1 aromatic heterocycles. The van der Waals surface area contributed by atoms with Crippen molar-refractivity contribution < 1.29 is 18.3 Å². The number of nitrogens with one attached hydrogen (secondary N) is 1. The first-order valence-electron chi connectivity index (χ1n) is 7.84. The van der Waals surface area contributed by atoms with Crippen LogP contribution < -0.4 is 20.5 Å². The molecule has 0 bridgehead atoms. The van der Waals surface area contributed by atoms with Gasteiger partial charge in [0.15, 0.2) is 5.75 Å². The molecule has 0 fully saturated rings. The van der Waals surface area contributed by atoms with Gasteiger partial charge in [-0.2, -0.15) is 8.78 Å². The molecule has 0 radical (unpaired) electrons. The summed E-state index contributed by atoms with van der Waals surface area (Å²) in [6.07, 6.45) is 1.62. The number of aromatic nitrogens is 1. The van der Waals surface area contributed by atoms with Crippen LogP contribution in [0.25, 0.3) is 0 Å². The number of nitrogens with two attached hydrogens (primary N) is 1. The molecular weight excluding hydrogens is 384 g/mol. The number of alkyl halides is 2. The molecule has 2 rings (SSSR count). The van der Waals surface area contributed by atoms with E-state index in [1.807, 2.05) is 13.8 Å². The average molecular weight is 406 g/mol. The molecule has 0 amide bonds. The van der Waals surface area contributed by atoms with Gasteiger partial charge < -0.3 is 20.5 Å². The second kappa shape index (κ2) is 11.6. The van der Waals surface area contributed by atoms with E-state index in [9.17, 15) is 8.78 Å². The maximum absolute atomic E-state index is 12.1. The SMILES string of the molecule is CC.COc1c(Cl)ccnc1CSCNc1ccc(OC(F)F)cc1N. The van der Waals surface area contributed by atoms with Crippen LogP contribution >= 0.6 is 23.4 Å². The number of halogens is 3. The maximum atomic E-state index is 12.1. The summed E-state index contributed by atoms with van der Waals surface area (Å²) in [5.74, 6) is 1.70. The Labute approximate surface area is 161 Å². The standard InChI is InChI=1S/C15H16ClF2N3O2S.C2H6/c1-22-14-10(16)4-5-20-13(14)7-24-8-21-12-3-2-9(6-11(12)19)23-15(17)18;1-2/h2-6,15,21H,7-8,19H2,1H3;1-2H3. The van der Waals surface area contributed by atoms with Crippen molar-refractivity contribution in [2.45, 2.75) is 26.2 Å². The number of anilines is 2. The lowest BCUT2D eigenvalue weighted by Gasteiger charge is -2.12. The molecule has 1 heterocycles. The normalized spacial score (nSPS) is 10.1. The van der Waals surface area contributed by atoms with Gasteiger partial charge >= 0.3 is 6.61 Å². The fraction of sp³-hybridized carbons (Fsp3) is 0.353. The summed E-state index contributed by atoms with van der Waals surface area (Å²) < 4.78 is 33.8. The van der Waals surface area contributed by atoms with Crippen LogP contribution in [0.2, 0.25) is 5.02 Å². The molecule has 3 N–H and O–H groups in total. The Bertz CT molecular complexity index is 693. The molecule has 0 saturated carbocycles. The van der Waals surface area contributed by atoms with E-state index in [1.165, 1.54) is 12.1 Å². The number of hydrogen-bond donors (Lipinski definition) is 2. The Morgan fingerprint density at radius 1 is 1.31 bits per heavy atom. The molecule has 26 heavy (non-hydrogen) atoms. The molecule has 144 valence electrons. The number of methoxy groups -OCH3 is 1. The first-order chi connectivity index (χ1) is 12.5. The Hall–Kier alpha value is -1.93. The van der Waals surface area contributed by atoms with Crippen LogP contribution in [0, 0.1) is 0 Å². The summed E-state index contributed by atoms with van der Waals surface area (Å²) in [6.45, 7) is 1.12. The summed E-state index contributed by atoms with van der Waals surface area (Å²) in [5, 5.41) is 3.62. The van der Waals surface area contributed by atoms with Crippen LogP contribution in [-0.4, -0.2) is 24.6 Å². The first-order valence-corrected chi connectivity index (χ1v) is 9.38. The Balaban J connectivity index is 0.00000163. The number of ether oxygens (including phenoxy) is 2. The van der Waals surface area contributed by atoms with Gasteiger partial charge in [0.2, 0.25) is 0 Å². The number of nitrogen functional groups attached to an aromatic ring is 1. The number of nitrogens with zero attached hydrogens (tertiary/aromatic N) is 1. The number of benzene rings is 1. The van der Waals surface area contributed by atoms with Crippen molar-refractivity contribution in [2.75, 3.05) is 24.0 Å². The third-order valence-corrected chi connectivity index (χ3v) is 4.11. The predicted octanol–water partition coefficient (Wildman–Crippen LogP) is 5.26. The van der Waals surface area contributed by atoms with Crippen LogP contribution in [-0.2, 0) is 5.75 Å². The highest BCUT2D eigenvalue weighted by molar-refractivity contribution is 7.98. The smallest absolute Gasteiger partial charge is 0.387 e. The van der Waals surface area contributed by atoms with Crippen molar-refractivity contribution in [1.82, 2.24) is 4.98 Å². The van der Waals surface area contributed by atoms with Crippen LogP contribution in [0.3, 0.4) is 0 Å². The van der Waals surface area contributed by atoms with Gasteiger partial charge in [0.1, 0.15) is 5.75 Å². The summed E-state index contributed by atoms with van der Waals surface area (Å²) in [6, 6.07) is 6.03. The third-order valence-electron chi connectivity index (χ3n) is 2.99. The summed E-state index contributed by atoms with van der Waals surface area (Å²) in [4.78, 5) is 4.24. The van der Waals surface area contributed by atoms with E-state index in [-0.39, 0.29) is 5.75 Å². The van der Waals surface area contributed by atoms with Crippen molar-refractivity contribution in [3.05, 3.63) is 41.2 Å². The second-order valence-corrected chi connectivity index (χ2v) is 5.96. The van der Waals surface area contributed by atoms with Gasteiger partial charge in [0.05, 0.1) is 35.1 Å². The summed E-state index contributed by atoms with van der Waals surface area (Å²) in [7, 11) is 1.54. The van der Waals surface area contributed by atoms with Crippen LogP contribution in [0.1, 0.15) is 19.5 Å². The van der Waals surface area contributed by atoms with Gasteiger partial charge in [-0.3, -0.25) is 4.98 Å². The molecule has 0 unspecified atom stereocenters. The van der Waals surface area contributed by atoms with Gasteiger partial charge in [-0.1, -0.05) is 25.4 Å². The van der Waals surface area contributed by atoms with E-state index in [2.05, 4.69) is 15.0 Å². The molecule has 1 aromatic carbocycles. The molecular formula is C17H22ClF2N3O2S. The number of rotatable bonds is 8. The van der Waals surface area contributed by atoms with Crippen molar-refractivity contribution in [2.24, 2.45) is 0 Å². The van der Waals surface area contributed by atoms with Gasteiger partial charge in [-0.15, -0.1) is 11.8 Å². The monoisotopic (exact) mass is 405 g/mol. The molecule has 0 aliphatic rings. The van der Waals surface area contributed by atoms with E-state index >= 15 is 0 Å². The highest BCUT2D eigenvalue weighted by Crippen LogP contribution is 2.30. The Morgan fingerprint density at radius 2 is 2.04 bits per heavy atom. The van der Waals surface area contributed by atoms with Gasteiger partial charge in [0.25, 0.3) is 0 Å². The maximum Gasteiger partial charge on any atom is 0.387 e. The zero-order valence-electron chi connectivity index (χ0n) is 14.8. The van der Waals surface area contributed by atoms with E-state index in [0.717, 1.165) is 5.69 Å². The fourth-order valence-electron chi connectivity index (χ4n) is 1.94. The quantitative estimate of drug-likeness (QED) is 0.355. The molecule has 9 heteroatoms. The minimum atomic E-state index is -2.88. The zero-order valence-corrected chi connectivity index (χ0v) is 16.3. The fourth-order valence-corrected chi connectivity index (χ4v) is 2.94. The lowest BCUT2D eigenvalue weighted by molar-refractivity contribution is -0.0497. The Kier molecular flexibility index (Phi) is 9.90. The van der Waals surface area contributed by atoms with Crippen LogP contribution in [0.5, 0.6) is 11.5 Å². The minimum absolute atomic E-state index is 0.0218. The molecule has 0 aliphatic heterocycles. The van der Waals surface area contributed by atoms with Crippen molar-refractivity contribution in [3.63, 3.8) is 0 Å². The highest BCUT2D eigenvalue weighted by atomic mass is 35.5.